The van der Waals surface area contributed by atoms with Gasteiger partial charge in [0.2, 0.25) is 0 Å². The smallest absolute Gasteiger partial charge is 0.153 e. The Kier molecular flexibility index (Phi) is 5.03. The van der Waals surface area contributed by atoms with Crippen LogP contribution in [0.1, 0.15) is 24.8 Å². The maximum atomic E-state index is 15.0. The topological polar surface area (TPSA) is 86.6 Å². The highest BCUT2D eigenvalue weighted by molar-refractivity contribution is 5.99. The number of pyridine rings is 1. The number of piperidine rings is 1. The molecular weight excluding hydrogens is 434 g/mol. The van der Waals surface area contributed by atoms with E-state index in [-0.39, 0.29) is 5.56 Å². The Morgan fingerprint density at radius 2 is 1.71 bits per heavy atom. The average Bonchev–Trinajstić information content (AvgIpc) is 3.45. The zero-order valence-corrected chi connectivity index (χ0v) is 18.5. The number of nitrogens with two attached hydrogens (primary N) is 1. The molecule has 0 saturated carbocycles. The van der Waals surface area contributed by atoms with Crippen LogP contribution in [0.2, 0.25) is 0 Å². The number of H-pyrrole nitrogens is 2. The summed E-state index contributed by atoms with van der Waals surface area (Å²) in [6, 6.07) is 12.5. The molecule has 0 bridgehead atoms. The van der Waals surface area contributed by atoms with E-state index in [1.165, 1.54) is 18.6 Å². The SMILES string of the molecule is Nc1n[nH]c2ccc(-c3ccnc4[nH]c(-c5cc(F)c(CN6CCCCC6)c(F)c5)cc34)cc12. The van der Waals surface area contributed by atoms with Crippen molar-refractivity contribution >= 4 is 27.8 Å². The van der Waals surface area contributed by atoms with Crippen molar-refractivity contribution in [1.82, 2.24) is 25.1 Å². The van der Waals surface area contributed by atoms with Crippen LogP contribution in [0, 0.1) is 11.6 Å². The number of hydrogen-bond acceptors (Lipinski definition) is 4. The van der Waals surface area contributed by atoms with Crippen molar-refractivity contribution < 1.29 is 8.78 Å². The van der Waals surface area contributed by atoms with E-state index < -0.39 is 11.6 Å². The average molecular weight is 459 g/mol. The number of hydrogen-bond donors (Lipinski definition) is 3. The minimum atomic E-state index is -0.520. The number of nitrogen functional groups attached to an aromatic ring is 1. The van der Waals surface area contributed by atoms with E-state index in [1.54, 1.807) is 6.20 Å². The third-order valence-corrected chi connectivity index (χ3v) is 6.72. The van der Waals surface area contributed by atoms with E-state index in [2.05, 4.69) is 25.1 Å². The molecule has 0 spiro atoms. The number of halogens is 2. The summed E-state index contributed by atoms with van der Waals surface area (Å²) in [5.74, 6) is -0.603. The van der Waals surface area contributed by atoms with E-state index in [4.69, 9.17) is 5.73 Å². The Labute approximate surface area is 194 Å². The zero-order chi connectivity index (χ0) is 23.2. The fourth-order valence-electron chi connectivity index (χ4n) is 4.89. The van der Waals surface area contributed by atoms with Crippen molar-refractivity contribution in [3.63, 3.8) is 0 Å². The van der Waals surface area contributed by atoms with Gasteiger partial charge in [-0.3, -0.25) is 10.00 Å². The second kappa shape index (κ2) is 8.22. The van der Waals surface area contributed by atoms with Crippen LogP contribution in [0.25, 0.3) is 44.3 Å². The molecule has 0 radical (unpaired) electrons. The van der Waals surface area contributed by atoms with Gasteiger partial charge in [0, 0.05) is 40.3 Å². The van der Waals surface area contributed by atoms with E-state index in [1.807, 2.05) is 30.3 Å². The molecule has 8 heteroatoms. The predicted molar refractivity (Wildman–Crippen MR) is 130 cm³/mol. The van der Waals surface area contributed by atoms with Gasteiger partial charge in [-0.05, 0) is 73.5 Å². The van der Waals surface area contributed by atoms with Crippen molar-refractivity contribution in [2.45, 2.75) is 25.8 Å². The number of aromatic amines is 2. The van der Waals surface area contributed by atoms with Gasteiger partial charge < -0.3 is 10.7 Å². The van der Waals surface area contributed by atoms with Crippen LogP contribution < -0.4 is 5.73 Å². The van der Waals surface area contributed by atoms with Gasteiger partial charge >= 0.3 is 0 Å². The zero-order valence-electron chi connectivity index (χ0n) is 18.5. The van der Waals surface area contributed by atoms with Crippen LogP contribution >= 0.6 is 0 Å². The molecule has 2 aromatic carbocycles. The molecule has 6 nitrogen and oxygen atoms in total. The summed E-state index contributed by atoms with van der Waals surface area (Å²) < 4.78 is 30.0. The van der Waals surface area contributed by atoms with E-state index in [0.29, 0.717) is 29.3 Å². The Bertz CT molecular complexity index is 1490. The summed E-state index contributed by atoms with van der Waals surface area (Å²) >= 11 is 0. The molecule has 3 aromatic heterocycles. The first kappa shape index (κ1) is 20.8. The lowest BCUT2D eigenvalue weighted by Crippen LogP contribution is -2.29. The number of nitrogens with one attached hydrogen (secondary N) is 2. The number of fused-ring (bicyclic) bond motifs is 2. The first-order valence-electron chi connectivity index (χ1n) is 11.5. The summed E-state index contributed by atoms with van der Waals surface area (Å²) in [6.45, 7) is 2.07. The molecule has 0 unspecified atom stereocenters. The van der Waals surface area contributed by atoms with E-state index in [9.17, 15) is 8.78 Å². The lowest BCUT2D eigenvalue weighted by molar-refractivity contribution is 0.215. The van der Waals surface area contributed by atoms with Crippen molar-refractivity contribution in [3.8, 4) is 22.4 Å². The predicted octanol–water partition coefficient (Wildman–Crippen LogP) is 5.62. The van der Waals surface area contributed by atoms with Gasteiger partial charge in [-0.25, -0.2) is 13.8 Å². The third-order valence-electron chi connectivity index (χ3n) is 6.72. The van der Waals surface area contributed by atoms with Crippen LogP contribution in [0.4, 0.5) is 14.6 Å². The largest absolute Gasteiger partial charge is 0.382 e. The minimum absolute atomic E-state index is 0.131. The van der Waals surface area contributed by atoms with E-state index in [0.717, 1.165) is 53.3 Å². The van der Waals surface area contributed by atoms with Crippen LogP contribution in [-0.2, 0) is 6.54 Å². The number of aromatic nitrogens is 4. The highest BCUT2D eigenvalue weighted by atomic mass is 19.1. The quantitative estimate of drug-likeness (QED) is 0.326. The summed E-state index contributed by atoms with van der Waals surface area (Å²) in [6.07, 6.45) is 5.04. The minimum Gasteiger partial charge on any atom is -0.382 e. The van der Waals surface area contributed by atoms with Crippen molar-refractivity contribution in [2.75, 3.05) is 18.8 Å². The number of rotatable bonds is 4. The normalized spacial score (nSPS) is 14.9. The van der Waals surface area contributed by atoms with Gasteiger partial charge in [-0.1, -0.05) is 12.5 Å². The fourth-order valence-corrected chi connectivity index (χ4v) is 4.89. The summed E-state index contributed by atoms with van der Waals surface area (Å²) in [5.41, 5.74) is 10.6. The summed E-state index contributed by atoms with van der Waals surface area (Å²) in [5, 5.41) is 8.66. The van der Waals surface area contributed by atoms with Crippen LogP contribution in [0.15, 0.2) is 48.7 Å². The van der Waals surface area contributed by atoms with Gasteiger partial charge in [0.1, 0.15) is 17.3 Å². The van der Waals surface area contributed by atoms with Gasteiger partial charge in [-0.2, -0.15) is 5.10 Å². The standard InChI is InChI=1S/C26H24F2N6/c27-21-11-16(12-22(28)20(21)14-34-8-2-1-3-9-34)24-13-18-17(6-7-30-26(18)31-24)15-4-5-23-19(10-15)25(29)33-32-23/h4-7,10-13H,1-3,8-9,14H2,(H,30,31)(H3,29,32,33). The Morgan fingerprint density at radius 3 is 2.50 bits per heavy atom. The molecule has 4 N–H and O–H groups in total. The molecule has 5 aromatic rings. The molecular formula is C26H24F2N6. The van der Waals surface area contributed by atoms with Gasteiger partial charge in [0.05, 0.1) is 5.52 Å². The van der Waals surface area contributed by atoms with Crippen molar-refractivity contribution in [2.24, 2.45) is 0 Å². The Morgan fingerprint density at radius 1 is 0.912 bits per heavy atom. The maximum absolute atomic E-state index is 15.0. The molecule has 1 saturated heterocycles. The number of benzene rings is 2. The fraction of sp³-hybridized carbons (Fsp3) is 0.231. The molecule has 1 aliphatic rings. The Balaban J connectivity index is 1.38. The molecule has 4 heterocycles. The molecule has 0 aliphatic carbocycles. The number of anilines is 1. The summed E-state index contributed by atoms with van der Waals surface area (Å²) in [7, 11) is 0. The first-order chi connectivity index (χ1) is 16.6. The Hall–Kier alpha value is -3.78. The van der Waals surface area contributed by atoms with Crippen LogP contribution in [0.3, 0.4) is 0 Å². The monoisotopic (exact) mass is 458 g/mol. The third kappa shape index (κ3) is 3.60. The highest BCUT2D eigenvalue weighted by Gasteiger charge is 2.19. The van der Waals surface area contributed by atoms with E-state index >= 15 is 0 Å². The maximum Gasteiger partial charge on any atom is 0.153 e. The van der Waals surface area contributed by atoms with Crippen LogP contribution in [0.5, 0.6) is 0 Å². The molecule has 0 amide bonds. The number of likely N-dealkylation sites (tertiary alicyclic amines) is 1. The second-order valence-electron chi connectivity index (χ2n) is 8.93. The highest BCUT2D eigenvalue weighted by Crippen LogP contribution is 2.34. The van der Waals surface area contributed by atoms with Crippen molar-refractivity contribution in [3.05, 3.63) is 65.9 Å². The van der Waals surface area contributed by atoms with Crippen molar-refractivity contribution in [1.29, 1.82) is 0 Å². The van der Waals surface area contributed by atoms with Crippen LogP contribution in [-0.4, -0.2) is 38.2 Å². The van der Waals surface area contributed by atoms with Gasteiger partial charge in [0.25, 0.3) is 0 Å². The molecule has 6 rings (SSSR count). The summed E-state index contributed by atoms with van der Waals surface area (Å²) in [4.78, 5) is 9.77. The molecule has 0 atom stereocenters. The lowest BCUT2D eigenvalue weighted by atomic mass is 10.0. The molecule has 34 heavy (non-hydrogen) atoms. The van der Waals surface area contributed by atoms with Gasteiger partial charge in [0.15, 0.2) is 5.82 Å². The molecule has 1 fully saturated rings. The second-order valence-corrected chi connectivity index (χ2v) is 8.93. The lowest BCUT2D eigenvalue weighted by Gasteiger charge is -2.26. The number of nitrogens with zero attached hydrogens (tertiary/aromatic N) is 3. The first-order valence-corrected chi connectivity index (χ1v) is 11.5. The molecule has 1 aliphatic heterocycles. The van der Waals surface area contributed by atoms with Gasteiger partial charge in [-0.15, -0.1) is 0 Å². The molecule has 172 valence electrons.